The molecule has 0 saturated carbocycles. The number of carbonyl (C=O) groups excluding carboxylic acids is 1. The van der Waals surface area contributed by atoms with E-state index in [9.17, 15) is 4.79 Å². The number of aromatic nitrogens is 5. The van der Waals surface area contributed by atoms with Crippen molar-refractivity contribution in [2.75, 3.05) is 17.7 Å². The number of methoxy groups -OCH3 is 1. The highest BCUT2D eigenvalue weighted by atomic mass is 16.5. The van der Waals surface area contributed by atoms with E-state index in [0.29, 0.717) is 29.8 Å². The Hall–Kier alpha value is -4.47. The van der Waals surface area contributed by atoms with E-state index in [2.05, 4.69) is 41.8 Å². The van der Waals surface area contributed by atoms with Crippen LogP contribution in [0.25, 0.3) is 0 Å². The molecule has 1 amide bonds. The van der Waals surface area contributed by atoms with Crippen molar-refractivity contribution in [2.24, 2.45) is 5.73 Å². The van der Waals surface area contributed by atoms with E-state index in [4.69, 9.17) is 10.5 Å². The molecule has 10 nitrogen and oxygen atoms in total. The van der Waals surface area contributed by atoms with Crippen LogP contribution in [0.15, 0.2) is 60.8 Å². The van der Waals surface area contributed by atoms with Gasteiger partial charge in [-0.25, -0.2) is 9.97 Å². The van der Waals surface area contributed by atoms with Crippen molar-refractivity contribution < 1.29 is 9.53 Å². The number of nitrogens with zero attached hydrogens (tertiary/aromatic N) is 4. The molecule has 0 aliphatic carbocycles. The maximum atomic E-state index is 11.3. The molecule has 3 aromatic heterocycles. The number of nitrogens with one attached hydrogen (secondary N) is 3. The van der Waals surface area contributed by atoms with Gasteiger partial charge < -0.3 is 21.1 Å². The highest BCUT2D eigenvalue weighted by Crippen LogP contribution is 2.17. The molecule has 0 fully saturated rings. The number of anilines is 3. The largest absolute Gasteiger partial charge is 0.497 e. The molecule has 168 valence electrons. The van der Waals surface area contributed by atoms with Gasteiger partial charge in [0, 0.05) is 18.0 Å². The summed E-state index contributed by atoms with van der Waals surface area (Å²) in [7, 11) is 1.67. The number of pyridine rings is 1. The normalized spacial score (nSPS) is 10.6. The highest BCUT2D eigenvalue weighted by molar-refractivity contribution is 5.90. The van der Waals surface area contributed by atoms with Crippen LogP contribution in [0.2, 0.25) is 0 Å². The number of amides is 1. The predicted molar refractivity (Wildman–Crippen MR) is 124 cm³/mol. The number of rotatable bonds is 10. The Balaban J connectivity index is 1.33. The molecule has 0 bridgehead atoms. The summed E-state index contributed by atoms with van der Waals surface area (Å²) in [5.41, 5.74) is 8.35. The second kappa shape index (κ2) is 10.2. The second-order valence-corrected chi connectivity index (χ2v) is 7.25. The smallest absolute Gasteiger partial charge is 0.267 e. The zero-order chi connectivity index (χ0) is 23.0. The second-order valence-electron chi connectivity index (χ2n) is 7.25. The maximum absolute atomic E-state index is 11.3. The van der Waals surface area contributed by atoms with E-state index in [-0.39, 0.29) is 5.69 Å². The number of hydrogen-bond donors (Lipinski definition) is 4. The van der Waals surface area contributed by atoms with Crippen LogP contribution in [-0.4, -0.2) is 38.2 Å². The number of hydrogen-bond acceptors (Lipinski definition) is 8. The van der Waals surface area contributed by atoms with Crippen molar-refractivity contribution in [1.82, 2.24) is 25.1 Å². The molecule has 0 aliphatic rings. The molecule has 0 spiro atoms. The van der Waals surface area contributed by atoms with Crippen LogP contribution in [0, 0.1) is 0 Å². The van der Waals surface area contributed by atoms with Crippen molar-refractivity contribution in [3.8, 4) is 5.75 Å². The monoisotopic (exact) mass is 444 g/mol. The van der Waals surface area contributed by atoms with Crippen LogP contribution >= 0.6 is 0 Å². The number of benzene rings is 1. The standard InChI is InChI=1S/C23H24N8O2/c1-33-18-6-2-4-15(12-18)8-9-16-13-21(31-30-16)28-20-10-11-25-23(29-20)26-14-17-5-3-7-19(27-17)22(24)32/h2-7,10-13H,8-9,14H2,1H3,(H2,24,32)(H3,25,26,28,29,30,31). The van der Waals surface area contributed by atoms with E-state index in [1.54, 1.807) is 37.6 Å². The third-order valence-corrected chi connectivity index (χ3v) is 4.85. The van der Waals surface area contributed by atoms with E-state index >= 15 is 0 Å². The quantitative estimate of drug-likeness (QED) is 0.292. The average Bonchev–Trinajstić information content (AvgIpc) is 3.29. The first-order valence-corrected chi connectivity index (χ1v) is 10.4. The Labute approximate surface area is 190 Å². The molecule has 4 aromatic rings. The predicted octanol–water partition coefficient (Wildman–Crippen LogP) is 2.84. The van der Waals surface area contributed by atoms with Crippen LogP contribution in [0.5, 0.6) is 5.75 Å². The number of ether oxygens (including phenoxy) is 1. The number of aryl methyl sites for hydroxylation is 2. The zero-order valence-electron chi connectivity index (χ0n) is 18.1. The van der Waals surface area contributed by atoms with Crippen LogP contribution in [0.1, 0.15) is 27.4 Å². The van der Waals surface area contributed by atoms with E-state index in [1.807, 2.05) is 24.3 Å². The van der Waals surface area contributed by atoms with Gasteiger partial charge in [0.05, 0.1) is 19.3 Å². The van der Waals surface area contributed by atoms with Crippen molar-refractivity contribution in [1.29, 1.82) is 0 Å². The van der Waals surface area contributed by atoms with Gasteiger partial charge in [-0.15, -0.1) is 0 Å². The van der Waals surface area contributed by atoms with Gasteiger partial charge in [0.25, 0.3) is 5.91 Å². The fourth-order valence-corrected chi connectivity index (χ4v) is 3.19. The molecule has 10 heteroatoms. The first-order chi connectivity index (χ1) is 16.1. The number of nitrogens with two attached hydrogens (primary N) is 1. The van der Waals surface area contributed by atoms with Crippen LogP contribution in [-0.2, 0) is 19.4 Å². The number of primary amides is 1. The van der Waals surface area contributed by atoms with Crippen molar-refractivity contribution >= 4 is 23.5 Å². The van der Waals surface area contributed by atoms with Crippen molar-refractivity contribution in [2.45, 2.75) is 19.4 Å². The van der Waals surface area contributed by atoms with Gasteiger partial charge in [-0.2, -0.15) is 10.1 Å². The van der Waals surface area contributed by atoms with Gasteiger partial charge in [0.15, 0.2) is 5.82 Å². The lowest BCUT2D eigenvalue weighted by Crippen LogP contribution is -2.14. The summed E-state index contributed by atoms with van der Waals surface area (Å²) < 4.78 is 5.27. The van der Waals surface area contributed by atoms with Crippen molar-refractivity contribution in [3.05, 3.63) is 83.4 Å². The van der Waals surface area contributed by atoms with Gasteiger partial charge in [-0.05, 0) is 48.7 Å². The zero-order valence-corrected chi connectivity index (χ0v) is 18.1. The molecule has 5 N–H and O–H groups in total. The van der Waals surface area contributed by atoms with Crippen LogP contribution < -0.4 is 21.1 Å². The molecule has 0 unspecified atom stereocenters. The highest BCUT2D eigenvalue weighted by Gasteiger charge is 2.07. The van der Waals surface area contributed by atoms with Gasteiger partial charge in [0.2, 0.25) is 5.95 Å². The Morgan fingerprint density at radius 1 is 1.06 bits per heavy atom. The van der Waals surface area contributed by atoms with E-state index in [1.165, 1.54) is 5.56 Å². The van der Waals surface area contributed by atoms with Crippen LogP contribution in [0.4, 0.5) is 17.6 Å². The average molecular weight is 444 g/mol. The summed E-state index contributed by atoms with van der Waals surface area (Å²) in [4.78, 5) is 24.1. The summed E-state index contributed by atoms with van der Waals surface area (Å²) in [6, 6.07) is 16.8. The van der Waals surface area contributed by atoms with Gasteiger partial charge >= 0.3 is 0 Å². The van der Waals surface area contributed by atoms with Gasteiger partial charge in [-0.1, -0.05) is 18.2 Å². The summed E-state index contributed by atoms with van der Waals surface area (Å²) in [5, 5.41) is 13.6. The number of carbonyl (C=O) groups is 1. The van der Waals surface area contributed by atoms with Crippen molar-refractivity contribution in [3.63, 3.8) is 0 Å². The number of aromatic amines is 1. The molecule has 0 radical (unpaired) electrons. The molecule has 0 aliphatic heterocycles. The summed E-state index contributed by atoms with van der Waals surface area (Å²) in [5.74, 6) is 1.96. The third-order valence-electron chi connectivity index (χ3n) is 4.85. The third kappa shape index (κ3) is 6.03. The molecule has 4 rings (SSSR count). The molecule has 0 atom stereocenters. The van der Waals surface area contributed by atoms with E-state index < -0.39 is 5.91 Å². The lowest BCUT2D eigenvalue weighted by molar-refractivity contribution is 0.0995. The fraction of sp³-hybridized carbons (Fsp3) is 0.174. The Bertz CT molecular complexity index is 1240. The number of H-pyrrole nitrogens is 1. The first kappa shape index (κ1) is 21.8. The maximum Gasteiger partial charge on any atom is 0.267 e. The summed E-state index contributed by atoms with van der Waals surface area (Å²) in [6.45, 7) is 0.349. The topological polar surface area (TPSA) is 144 Å². The molecule has 3 heterocycles. The van der Waals surface area contributed by atoms with Gasteiger partial charge in [-0.3, -0.25) is 9.89 Å². The van der Waals surface area contributed by atoms with Gasteiger partial charge in [0.1, 0.15) is 17.3 Å². The Kier molecular flexibility index (Phi) is 6.74. The minimum absolute atomic E-state index is 0.214. The summed E-state index contributed by atoms with van der Waals surface area (Å²) >= 11 is 0. The first-order valence-electron chi connectivity index (χ1n) is 10.4. The summed E-state index contributed by atoms with van der Waals surface area (Å²) in [6.07, 6.45) is 3.32. The minimum Gasteiger partial charge on any atom is -0.497 e. The molecule has 0 saturated heterocycles. The minimum atomic E-state index is -0.568. The molecule has 33 heavy (non-hydrogen) atoms. The lowest BCUT2D eigenvalue weighted by atomic mass is 10.1. The SMILES string of the molecule is COc1cccc(CCc2cc(Nc3ccnc(NCc4cccc(C(N)=O)n4)n3)n[nH]2)c1. The Morgan fingerprint density at radius 3 is 2.79 bits per heavy atom. The fourth-order valence-electron chi connectivity index (χ4n) is 3.19. The lowest BCUT2D eigenvalue weighted by Gasteiger charge is -2.07. The van der Waals surface area contributed by atoms with Crippen LogP contribution in [0.3, 0.4) is 0 Å². The van der Waals surface area contributed by atoms with E-state index in [0.717, 1.165) is 24.3 Å². The molecule has 1 aromatic carbocycles. The Morgan fingerprint density at radius 2 is 1.94 bits per heavy atom. The molecular weight excluding hydrogens is 420 g/mol. The molecular formula is C23H24N8O2.